The molecule has 1 fully saturated rings. The van der Waals surface area contributed by atoms with E-state index in [-0.39, 0.29) is 5.97 Å². The molecule has 122 valence electrons. The normalized spacial score (nSPS) is 16.5. The first-order valence-electron chi connectivity index (χ1n) is 7.55. The highest BCUT2D eigenvalue weighted by Gasteiger charge is 2.20. The molecule has 1 aliphatic heterocycles. The highest BCUT2D eigenvalue weighted by Crippen LogP contribution is 2.24. The lowest BCUT2D eigenvalue weighted by molar-refractivity contribution is -0.140. The van der Waals surface area contributed by atoms with Gasteiger partial charge < -0.3 is 20.3 Å². The highest BCUT2D eigenvalue weighted by atomic mass is 32.1. The van der Waals surface area contributed by atoms with Gasteiger partial charge in [0.1, 0.15) is 0 Å². The van der Waals surface area contributed by atoms with Crippen LogP contribution in [0.15, 0.2) is 22.5 Å². The van der Waals surface area contributed by atoms with Crippen molar-refractivity contribution in [3.05, 3.63) is 17.5 Å². The summed E-state index contributed by atoms with van der Waals surface area (Å²) in [6.07, 6.45) is 2.50. The van der Waals surface area contributed by atoms with E-state index in [0.717, 1.165) is 31.9 Å². The number of carbonyl (C=O) groups is 1. The summed E-state index contributed by atoms with van der Waals surface area (Å²) >= 11 is 1.79. The van der Waals surface area contributed by atoms with Gasteiger partial charge in [-0.05, 0) is 30.4 Å². The Morgan fingerprint density at radius 3 is 2.86 bits per heavy atom. The molecule has 7 heteroatoms. The quantitative estimate of drug-likeness (QED) is 0.487. The monoisotopic (exact) mass is 324 g/mol. The summed E-state index contributed by atoms with van der Waals surface area (Å²) in [5, 5.41) is 10.0. The largest absolute Gasteiger partial charge is 0.469 e. The van der Waals surface area contributed by atoms with Crippen LogP contribution >= 0.6 is 11.3 Å². The Bertz CT molecular complexity index is 482. The zero-order chi connectivity index (χ0) is 15.8. The number of aliphatic imine (C=N–C) groups is 1. The first kappa shape index (κ1) is 16.6. The van der Waals surface area contributed by atoms with Crippen LogP contribution < -0.4 is 15.5 Å². The number of carbonyl (C=O) groups excluding carboxylic acids is 1. The number of anilines is 1. The summed E-state index contributed by atoms with van der Waals surface area (Å²) < 4.78 is 4.62. The number of nitrogens with one attached hydrogen (secondary N) is 2. The van der Waals surface area contributed by atoms with Crippen molar-refractivity contribution < 1.29 is 9.53 Å². The van der Waals surface area contributed by atoms with Gasteiger partial charge in [0.25, 0.3) is 0 Å². The zero-order valence-electron chi connectivity index (χ0n) is 13.2. The SMILES string of the molecule is CN=C(NCCC(=O)OC)NC1CCN(c2cccs2)CC1. The Balaban J connectivity index is 1.71. The predicted molar refractivity (Wildman–Crippen MR) is 90.7 cm³/mol. The third-order valence-corrected chi connectivity index (χ3v) is 4.66. The molecule has 2 N–H and O–H groups in total. The van der Waals surface area contributed by atoms with Gasteiger partial charge in [-0.3, -0.25) is 9.79 Å². The molecule has 1 aromatic rings. The van der Waals surface area contributed by atoms with Gasteiger partial charge >= 0.3 is 5.97 Å². The topological polar surface area (TPSA) is 66.0 Å². The third kappa shape index (κ3) is 4.91. The smallest absolute Gasteiger partial charge is 0.307 e. The fourth-order valence-electron chi connectivity index (χ4n) is 2.47. The van der Waals surface area contributed by atoms with Crippen LogP contribution in [0, 0.1) is 0 Å². The van der Waals surface area contributed by atoms with Crippen molar-refractivity contribution in [2.45, 2.75) is 25.3 Å². The predicted octanol–water partition coefficient (Wildman–Crippen LogP) is 1.44. The minimum atomic E-state index is -0.216. The number of rotatable bonds is 5. The summed E-state index contributed by atoms with van der Waals surface area (Å²) in [5.74, 6) is 0.533. The number of hydrogen-bond donors (Lipinski definition) is 2. The zero-order valence-corrected chi connectivity index (χ0v) is 14.0. The van der Waals surface area contributed by atoms with E-state index in [2.05, 4.69) is 42.8 Å². The fourth-order valence-corrected chi connectivity index (χ4v) is 3.25. The van der Waals surface area contributed by atoms with Crippen molar-refractivity contribution >= 4 is 28.3 Å². The minimum Gasteiger partial charge on any atom is -0.469 e. The molecule has 1 aliphatic rings. The highest BCUT2D eigenvalue weighted by molar-refractivity contribution is 7.14. The molecule has 0 amide bonds. The molecule has 0 aliphatic carbocycles. The summed E-state index contributed by atoms with van der Waals surface area (Å²) in [7, 11) is 3.14. The molecular formula is C15H24N4O2S. The van der Waals surface area contributed by atoms with Crippen LogP contribution in [-0.4, -0.2) is 51.8 Å². The first-order chi connectivity index (χ1) is 10.7. The molecule has 6 nitrogen and oxygen atoms in total. The molecule has 2 rings (SSSR count). The number of piperidine rings is 1. The van der Waals surface area contributed by atoms with Gasteiger partial charge in [0.2, 0.25) is 0 Å². The van der Waals surface area contributed by atoms with Crippen LogP contribution in [0.25, 0.3) is 0 Å². The minimum absolute atomic E-state index is 0.216. The van der Waals surface area contributed by atoms with Crippen molar-refractivity contribution in [3.63, 3.8) is 0 Å². The van der Waals surface area contributed by atoms with E-state index in [4.69, 9.17) is 0 Å². The molecule has 0 saturated carbocycles. The van der Waals surface area contributed by atoms with Crippen molar-refractivity contribution in [1.29, 1.82) is 0 Å². The summed E-state index contributed by atoms with van der Waals surface area (Å²) in [6, 6.07) is 4.68. The molecule has 0 radical (unpaired) electrons. The molecule has 0 unspecified atom stereocenters. The number of nitrogens with zero attached hydrogens (tertiary/aromatic N) is 2. The van der Waals surface area contributed by atoms with E-state index in [1.807, 2.05) is 0 Å². The van der Waals surface area contributed by atoms with Gasteiger partial charge in [0.05, 0.1) is 18.5 Å². The molecule has 22 heavy (non-hydrogen) atoms. The molecule has 0 atom stereocenters. The van der Waals surface area contributed by atoms with Gasteiger partial charge in [-0.25, -0.2) is 0 Å². The third-order valence-electron chi connectivity index (χ3n) is 3.73. The summed E-state index contributed by atoms with van der Waals surface area (Å²) in [5.41, 5.74) is 0. The Kier molecular flexibility index (Phi) is 6.51. The Morgan fingerprint density at radius 2 is 2.27 bits per heavy atom. The number of methoxy groups -OCH3 is 1. The van der Waals surface area contributed by atoms with Crippen LogP contribution in [0.3, 0.4) is 0 Å². The summed E-state index contributed by atoms with van der Waals surface area (Å²) in [4.78, 5) is 17.7. The number of thiophene rings is 1. The maximum atomic E-state index is 11.1. The van der Waals surface area contributed by atoms with Crippen molar-refractivity contribution in [2.24, 2.45) is 4.99 Å². The first-order valence-corrected chi connectivity index (χ1v) is 8.43. The number of esters is 1. The van der Waals surface area contributed by atoms with E-state index in [1.54, 1.807) is 18.4 Å². The molecule has 1 saturated heterocycles. The Labute approximate surface area is 135 Å². The maximum Gasteiger partial charge on any atom is 0.307 e. The lowest BCUT2D eigenvalue weighted by Crippen LogP contribution is -2.49. The van der Waals surface area contributed by atoms with Crippen LogP contribution in [-0.2, 0) is 9.53 Å². The van der Waals surface area contributed by atoms with Gasteiger partial charge in [0.15, 0.2) is 5.96 Å². The Morgan fingerprint density at radius 1 is 1.50 bits per heavy atom. The van der Waals surface area contributed by atoms with E-state index >= 15 is 0 Å². The Hall–Kier alpha value is -1.76. The van der Waals surface area contributed by atoms with Gasteiger partial charge in [-0.2, -0.15) is 0 Å². The second kappa shape index (κ2) is 8.63. The lowest BCUT2D eigenvalue weighted by atomic mass is 10.1. The second-order valence-corrected chi connectivity index (χ2v) is 6.11. The molecule has 0 bridgehead atoms. The number of guanidine groups is 1. The average Bonchev–Trinajstić information content (AvgIpc) is 3.08. The molecule has 0 aromatic carbocycles. The maximum absolute atomic E-state index is 11.1. The molecule has 2 heterocycles. The second-order valence-electron chi connectivity index (χ2n) is 5.18. The summed E-state index contributed by atoms with van der Waals surface area (Å²) in [6.45, 7) is 2.63. The van der Waals surface area contributed by atoms with Crippen LogP contribution in [0.4, 0.5) is 5.00 Å². The average molecular weight is 324 g/mol. The number of ether oxygens (including phenoxy) is 1. The van der Waals surface area contributed by atoms with E-state index in [0.29, 0.717) is 19.0 Å². The van der Waals surface area contributed by atoms with Gasteiger partial charge in [-0.15, -0.1) is 11.3 Å². The van der Waals surface area contributed by atoms with Crippen LogP contribution in [0.1, 0.15) is 19.3 Å². The van der Waals surface area contributed by atoms with E-state index in [9.17, 15) is 4.79 Å². The standard InChI is InChI=1S/C15H24N4O2S/c1-16-15(17-8-5-14(20)21-2)18-12-6-9-19(10-7-12)13-4-3-11-22-13/h3-4,11-12H,5-10H2,1-2H3,(H2,16,17,18). The van der Waals surface area contributed by atoms with E-state index < -0.39 is 0 Å². The lowest BCUT2D eigenvalue weighted by Gasteiger charge is -2.33. The van der Waals surface area contributed by atoms with Crippen molar-refractivity contribution in [1.82, 2.24) is 10.6 Å². The van der Waals surface area contributed by atoms with Crippen molar-refractivity contribution in [3.8, 4) is 0 Å². The molecule has 0 spiro atoms. The van der Waals surface area contributed by atoms with Crippen molar-refractivity contribution in [2.75, 3.05) is 38.7 Å². The fraction of sp³-hybridized carbons (Fsp3) is 0.600. The van der Waals surface area contributed by atoms with Gasteiger partial charge in [0, 0.05) is 32.7 Å². The van der Waals surface area contributed by atoms with E-state index in [1.165, 1.54) is 12.1 Å². The molecular weight excluding hydrogens is 300 g/mol. The van der Waals surface area contributed by atoms with Crippen LogP contribution in [0.2, 0.25) is 0 Å². The molecule has 1 aromatic heterocycles. The number of hydrogen-bond acceptors (Lipinski definition) is 5. The van der Waals surface area contributed by atoms with Gasteiger partial charge in [-0.1, -0.05) is 0 Å². The van der Waals surface area contributed by atoms with Crippen LogP contribution in [0.5, 0.6) is 0 Å².